The Bertz CT molecular complexity index is 820. The van der Waals surface area contributed by atoms with Crippen LogP contribution in [0.1, 0.15) is 0 Å². The highest BCUT2D eigenvalue weighted by Gasteiger charge is 2.16. The van der Waals surface area contributed by atoms with Crippen LogP contribution in [0.3, 0.4) is 0 Å². The van der Waals surface area contributed by atoms with Crippen LogP contribution in [0.25, 0.3) is 22.4 Å². The molecule has 5 nitrogen and oxygen atoms in total. The number of primary sulfonamides is 1. The molecule has 0 bridgehead atoms. The van der Waals surface area contributed by atoms with E-state index in [0.29, 0.717) is 11.4 Å². The molecule has 0 aliphatic heterocycles. The van der Waals surface area contributed by atoms with Crippen LogP contribution in [0, 0.1) is 0 Å². The van der Waals surface area contributed by atoms with Crippen molar-refractivity contribution in [2.75, 3.05) is 0 Å². The Hall–Kier alpha value is -2.18. The fourth-order valence-corrected chi connectivity index (χ4v) is 2.73. The first-order valence-electron chi connectivity index (χ1n) is 5.63. The van der Waals surface area contributed by atoms with Crippen molar-refractivity contribution in [1.29, 1.82) is 0 Å². The summed E-state index contributed by atoms with van der Waals surface area (Å²) in [7, 11) is -3.78. The lowest BCUT2D eigenvalue weighted by atomic mass is 10.2. The molecule has 96 valence electrons. The van der Waals surface area contributed by atoms with Crippen molar-refractivity contribution < 1.29 is 8.42 Å². The van der Waals surface area contributed by atoms with Gasteiger partial charge in [-0.1, -0.05) is 24.3 Å². The average Bonchev–Trinajstić information content (AvgIpc) is 2.81. The summed E-state index contributed by atoms with van der Waals surface area (Å²) < 4.78 is 23.2. The molecule has 0 fully saturated rings. The Kier molecular flexibility index (Phi) is 2.62. The molecule has 19 heavy (non-hydrogen) atoms. The van der Waals surface area contributed by atoms with Crippen molar-refractivity contribution in [2.24, 2.45) is 5.14 Å². The van der Waals surface area contributed by atoms with Gasteiger partial charge in [-0.3, -0.25) is 0 Å². The lowest BCUT2D eigenvalue weighted by Crippen LogP contribution is -2.13. The van der Waals surface area contributed by atoms with Gasteiger partial charge >= 0.3 is 0 Å². The molecule has 1 heterocycles. The van der Waals surface area contributed by atoms with E-state index in [0.717, 1.165) is 11.0 Å². The second-order valence-corrected chi connectivity index (χ2v) is 5.67. The maximum absolute atomic E-state index is 11.6. The molecule has 3 N–H and O–H groups in total. The van der Waals surface area contributed by atoms with E-state index in [4.69, 9.17) is 5.14 Å². The summed E-state index contributed by atoms with van der Waals surface area (Å²) in [5.41, 5.74) is 2.10. The van der Waals surface area contributed by atoms with Crippen LogP contribution in [-0.2, 0) is 10.0 Å². The lowest BCUT2D eigenvalue weighted by Gasteiger charge is -2.04. The summed E-state index contributed by atoms with van der Waals surface area (Å²) in [6, 6.07) is 14.0. The van der Waals surface area contributed by atoms with Crippen LogP contribution in [0.15, 0.2) is 53.4 Å². The molecule has 0 spiro atoms. The number of nitrogens with one attached hydrogen (secondary N) is 1. The number of nitrogens with two attached hydrogens (primary N) is 1. The molecule has 6 heteroatoms. The maximum Gasteiger partial charge on any atom is 0.238 e. The molecule has 0 saturated carbocycles. The van der Waals surface area contributed by atoms with Gasteiger partial charge in [0.15, 0.2) is 0 Å². The number of H-pyrrole nitrogens is 1. The number of hydrogen-bond donors (Lipinski definition) is 2. The first-order chi connectivity index (χ1) is 9.05. The summed E-state index contributed by atoms with van der Waals surface area (Å²) in [6.45, 7) is 0. The highest BCUT2D eigenvalue weighted by molar-refractivity contribution is 7.89. The van der Waals surface area contributed by atoms with Crippen molar-refractivity contribution in [1.82, 2.24) is 9.97 Å². The standard InChI is InChI=1S/C13H11N3O2S/c14-19(17,18)12-8-4-1-5-9(12)13-15-10-6-2-3-7-11(10)16-13/h1-8H,(H,15,16)(H2,14,17,18). The van der Waals surface area contributed by atoms with E-state index in [-0.39, 0.29) is 4.90 Å². The quantitative estimate of drug-likeness (QED) is 0.747. The van der Waals surface area contributed by atoms with Crippen LogP contribution in [0.5, 0.6) is 0 Å². The van der Waals surface area contributed by atoms with Gasteiger partial charge in [-0.05, 0) is 24.3 Å². The summed E-state index contributed by atoms with van der Waals surface area (Å²) in [5.74, 6) is 0.492. The largest absolute Gasteiger partial charge is 0.338 e. The van der Waals surface area contributed by atoms with Gasteiger partial charge in [0.05, 0.1) is 15.9 Å². The Morgan fingerprint density at radius 2 is 1.68 bits per heavy atom. The van der Waals surface area contributed by atoms with Gasteiger partial charge in [0, 0.05) is 5.56 Å². The topological polar surface area (TPSA) is 88.8 Å². The van der Waals surface area contributed by atoms with Crippen molar-refractivity contribution in [3.05, 3.63) is 48.5 Å². The second kappa shape index (κ2) is 4.18. The molecular formula is C13H11N3O2S. The second-order valence-electron chi connectivity index (χ2n) is 4.14. The zero-order valence-electron chi connectivity index (χ0n) is 9.87. The molecule has 0 aliphatic carbocycles. The van der Waals surface area contributed by atoms with Gasteiger partial charge in [0.2, 0.25) is 10.0 Å². The van der Waals surface area contributed by atoms with Gasteiger partial charge < -0.3 is 4.98 Å². The molecule has 0 atom stereocenters. The number of sulfonamides is 1. The molecule has 3 rings (SSSR count). The summed E-state index contributed by atoms with van der Waals surface area (Å²) in [4.78, 5) is 7.54. The minimum atomic E-state index is -3.78. The molecule has 1 aromatic heterocycles. The smallest absolute Gasteiger partial charge is 0.238 e. The van der Waals surface area contributed by atoms with Crippen molar-refractivity contribution in [3.63, 3.8) is 0 Å². The molecule has 0 unspecified atom stereocenters. The van der Waals surface area contributed by atoms with Gasteiger partial charge in [-0.15, -0.1) is 0 Å². The lowest BCUT2D eigenvalue weighted by molar-refractivity contribution is 0.598. The highest BCUT2D eigenvalue weighted by atomic mass is 32.2. The van der Waals surface area contributed by atoms with E-state index in [1.54, 1.807) is 18.2 Å². The van der Waals surface area contributed by atoms with Gasteiger partial charge in [0.1, 0.15) is 5.82 Å². The highest BCUT2D eigenvalue weighted by Crippen LogP contribution is 2.25. The Morgan fingerprint density at radius 3 is 2.42 bits per heavy atom. The number of nitrogens with zero attached hydrogens (tertiary/aromatic N) is 1. The number of aromatic amines is 1. The molecule has 0 aliphatic rings. The fraction of sp³-hybridized carbons (Fsp3) is 0. The normalized spacial score (nSPS) is 11.8. The minimum Gasteiger partial charge on any atom is -0.338 e. The van der Waals surface area contributed by atoms with E-state index >= 15 is 0 Å². The predicted molar refractivity (Wildman–Crippen MR) is 72.9 cm³/mol. The molecule has 2 aromatic carbocycles. The number of aromatic nitrogens is 2. The molecule has 0 amide bonds. The number of hydrogen-bond acceptors (Lipinski definition) is 3. The van der Waals surface area contributed by atoms with Crippen LogP contribution in [0.4, 0.5) is 0 Å². The predicted octanol–water partition coefficient (Wildman–Crippen LogP) is 1.88. The summed E-state index contributed by atoms with van der Waals surface area (Å²) in [5, 5.41) is 5.22. The van der Waals surface area contributed by atoms with Gasteiger partial charge in [-0.25, -0.2) is 18.5 Å². The number of fused-ring (bicyclic) bond motifs is 1. The number of benzene rings is 2. The molecular weight excluding hydrogens is 262 g/mol. The Balaban J connectivity index is 2.27. The third-order valence-corrected chi connectivity index (χ3v) is 3.81. The average molecular weight is 273 g/mol. The number of rotatable bonds is 2. The monoisotopic (exact) mass is 273 g/mol. The summed E-state index contributed by atoms with van der Waals surface area (Å²) >= 11 is 0. The van der Waals surface area contributed by atoms with Gasteiger partial charge in [0.25, 0.3) is 0 Å². The van der Waals surface area contributed by atoms with E-state index in [1.165, 1.54) is 6.07 Å². The van der Waals surface area contributed by atoms with Crippen molar-refractivity contribution in [2.45, 2.75) is 4.90 Å². The first kappa shape index (κ1) is 11.9. The Labute approximate surface area is 110 Å². The van der Waals surface area contributed by atoms with E-state index in [2.05, 4.69) is 9.97 Å². The first-order valence-corrected chi connectivity index (χ1v) is 7.17. The zero-order valence-corrected chi connectivity index (χ0v) is 10.7. The zero-order chi connectivity index (χ0) is 13.5. The molecule has 3 aromatic rings. The van der Waals surface area contributed by atoms with Gasteiger partial charge in [-0.2, -0.15) is 0 Å². The van der Waals surface area contributed by atoms with E-state index in [1.807, 2.05) is 24.3 Å². The van der Waals surface area contributed by atoms with Crippen LogP contribution >= 0.6 is 0 Å². The van der Waals surface area contributed by atoms with E-state index in [9.17, 15) is 8.42 Å². The number of para-hydroxylation sites is 2. The fourth-order valence-electron chi connectivity index (χ4n) is 1.99. The van der Waals surface area contributed by atoms with E-state index < -0.39 is 10.0 Å². The number of imidazole rings is 1. The third kappa shape index (κ3) is 2.11. The van der Waals surface area contributed by atoms with Crippen molar-refractivity contribution >= 4 is 21.1 Å². The molecule has 0 saturated heterocycles. The molecule has 0 radical (unpaired) electrons. The van der Waals surface area contributed by atoms with Crippen molar-refractivity contribution in [3.8, 4) is 11.4 Å². The van der Waals surface area contributed by atoms with Crippen LogP contribution in [-0.4, -0.2) is 18.4 Å². The van der Waals surface area contributed by atoms with Crippen LogP contribution in [0.2, 0.25) is 0 Å². The minimum absolute atomic E-state index is 0.0639. The Morgan fingerprint density at radius 1 is 1.00 bits per heavy atom. The SMILES string of the molecule is NS(=O)(=O)c1ccccc1-c1nc2ccccc2[nH]1. The van der Waals surface area contributed by atoms with Crippen LogP contribution < -0.4 is 5.14 Å². The summed E-state index contributed by atoms with van der Waals surface area (Å²) in [6.07, 6.45) is 0. The third-order valence-electron chi connectivity index (χ3n) is 2.84. The maximum atomic E-state index is 11.6.